The maximum Gasteiger partial charge on any atom is 0.254 e. The summed E-state index contributed by atoms with van der Waals surface area (Å²) in [6.07, 6.45) is 3.02. The zero-order chi connectivity index (χ0) is 14.0. The molecular weight excluding hydrogens is 292 g/mol. The van der Waals surface area contributed by atoms with Gasteiger partial charge < -0.3 is 10.6 Å². The number of hydrogen-bond donors (Lipinski definition) is 1. The molecule has 0 radical (unpaired) electrons. The van der Waals surface area contributed by atoms with E-state index in [4.69, 9.17) is 5.73 Å². The number of nitrogens with two attached hydrogens (primary N) is 1. The van der Waals surface area contributed by atoms with Gasteiger partial charge in [-0.1, -0.05) is 13.0 Å². The summed E-state index contributed by atoms with van der Waals surface area (Å²) in [6, 6.07) is 6.09. The number of benzene rings is 1. The molecule has 0 bridgehead atoms. The quantitative estimate of drug-likeness (QED) is 0.873. The lowest BCUT2D eigenvalue weighted by atomic mass is 9.90. The first-order valence-electron chi connectivity index (χ1n) is 6.63. The molecule has 20 heavy (non-hydrogen) atoms. The molecule has 1 unspecified atom stereocenters. The second-order valence-corrected chi connectivity index (χ2v) is 6.55. The SMILES string of the molecule is CSc1ccc(C)c(C(=O)N2CCC(C)(CN)C2)c1.Cl. The number of amides is 1. The molecule has 0 spiro atoms. The fourth-order valence-electron chi connectivity index (χ4n) is 2.49. The molecule has 1 aromatic rings. The molecule has 5 heteroatoms. The van der Waals surface area contributed by atoms with Crippen molar-refractivity contribution < 1.29 is 4.79 Å². The molecule has 1 heterocycles. The summed E-state index contributed by atoms with van der Waals surface area (Å²) in [6.45, 7) is 6.38. The third-order valence-corrected chi connectivity index (χ3v) is 4.74. The van der Waals surface area contributed by atoms with Gasteiger partial charge in [0.15, 0.2) is 0 Å². The highest BCUT2D eigenvalue weighted by Crippen LogP contribution is 2.30. The lowest BCUT2D eigenvalue weighted by molar-refractivity contribution is 0.0776. The van der Waals surface area contributed by atoms with E-state index in [1.165, 1.54) is 0 Å². The molecule has 1 atom stereocenters. The van der Waals surface area contributed by atoms with Crippen LogP contribution in [0.3, 0.4) is 0 Å². The molecule has 112 valence electrons. The highest BCUT2D eigenvalue weighted by Gasteiger charge is 2.35. The van der Waals surface area contributed by atoms with E-state index in [9.17, 15) is 4.79 Å². The lowest BCUT2D eigenvalue weighted by Crippen LogP contribution is -2.34. The minimum absolute atomic E-state index is 0. The van der Waals surface area contributed by atoms with Crippen molar-refractivity contribution in [2.45, 2.75) is 25.2 Å². The summed E-state index contributed by atoms with van der Waals surface area (Å²) in [7, 11) is 0. The monoisotopic (exact) mass is 314 g/mol. The standard InChI is InChI=1S/C15H22N2OS.ClH/c1-11-4-5-12(19-3)8-13(11)14(18)17-7-6-15(2,9-16)10-17;/h4-5,8H,6-7,9-10,16H2,1-3H3;1H. The van der Waals surface area contributed by atoms with Crippen LogP contribution in [0.4, 0.5) is 0 Å². The average molecular weight is 315 g/mol. The van der Waals surface area contributed by atoms with Crippen molar-refractivity contribution in [2.75, 3.05) is 25.9 Å². The van der Waals surface area contributed by atoms with Gasteiger partial charge in [0, 0.05) is 23.5 Å². The summed E-state index contributed by atoms with van der Waals surface area (Å²) in [5.74, 6) is 0.144. The number of thioether (sulfide) groups is 1. The Labute approximate surface area is 131 Å². The topological polar surface area (TPSA) is 46.3 Å². The van der Waals surface area contributed by atoms with Crippen LogP contribution in [0, 0.1) is 12.3 Å². The maximum absolute atomic E-state index is 12.6. The van der Waals surface area contributed by atoms with Gasteiger partial charge in [-0.3, -0.25) is 4.79 Å². The Bertz CT molecular complexity index is 495. The van der Waals surface area contributed by atoms with Gasteiger partial charge in [-0.05, 0) is 49.3 Å². The molecule has 0 saturated carbocycles. The van der Waals surface area contributed by atoms with Crippen molar-refractivity contribution in [1.82, 2.24) is 4.90 Å². The molecule has 0 aromatic heterocycles. The molecule has 1 amide bonds. The molecule has 2 N–H and O–H groups in total. The largest absolute Gasteiger partial charge is 0.338 e. The van der Waals surface area contributed by atoms with Gasteiger partial charge >= 0.3 is 0 Å². The van der Waals surface area contributed by atoms with Crippen LogP contribution in [0.2, 0.25) is 0 Å². The van der Waals surface area contributed by atoms with Gasteiger partial charge in [0.25, 0.3) is 5.91 Å². The molecule has 2 rings (SSSR count). The Balaban J connectivity index is 0.00000200. The van der Waals surface area contributed by atoms with Crippen molar-refractivity contribution in [2.24, 2.45) is 11.1 Å². The third-order valence-electron chi connectivity index (χ3n) is 4.01. The number of likely N-dealkylation sites (tertiary alicyclic amines) is 1. The highest BCUT2D eigenvalue weighted by molar-refractivity contribution is 7.98. The van der Waals surface area contributed by atoms with Crippen molar-refractivity contribution in [1.29, 1.82) is 0 Å². The fraction of sp³-hybridized carbons (Fsp3) is 0.533. The van der Waals surface area contributed by atoms with E-state index in [1.807, 2.05) is 30.2 Å². The fourth-order valence-corrected chi connectivity index (χ4v) is 2.93. The number of aryl methyl sites for hydroxylation is 1. The molecule has 0 aliphatic carbocycles. The van der Waals surface area contributed by atoms with Gasteiger partial charge in [-0.2, -0.15) is 0 Å². The molecular formula is C15H23ClN2OS. The molecule has 3 nitrogen and oxygen atoms in total. The molecule has 1 aliphatic heterocycles. The smallest absolute Gasteiger partial charge is 0.254 e. The first-order valence-corrected chi connectivity index (χ1v) is 7.85. The van der Waals surface area contributed by atoms with Crippen LogP contribution in [0.15, 0.2) is 23.1 Å². The normalized spacial score (nSPS) is 21.7. The Morgan fingerprint density at radius 1 is 1.50 bits per heavy atom. The number of rotatable bonds is 3. The van der Waals surface area contributed by atoms with E-state index >= 15 is 0 Å². The summed E-state index contributed by atoms with van der Waals surface area (Å²) >= 11 is 1.67. The van der Waals surface area contributed by atoms with Crippen LogP contribution >= 0.6 is 24.2 Å². The number of hydrogen-bond acceptors (Lipinski definition) is 3. The lowest BCUT2D eigenvalue weighted by Gasteiger charge is -2.23. The van der Waals surface area contributed by atoms with Crippen LogP contribution < -0.4 is 5.73 Å². The number of carbonyl (C=O) groups is 1. The van der Waals surface area contributed by atoms with Crippen LogP contribution in [0.25, 0.3) is 0 Å². The van der Waals surface area contributed by atoms with Crippen molar-refractivity contribution in [3.63, 3.8) is 0 Å². The minimum Gasteiger partial charge on any atom is -0.338 e. The Morgan fingerprint density at radius 2 is 2.20 bits per heavy atom. The molecule has 1 aromatic carbocycles. The van der Waals surface area contributed by atoms with E-state index in [1.54, 1.807) is 11.8 Å². The average Bonchev–Trinajstić information content (AvgIpc) is 2.82. The third kappa shape index (κ3) is 3.48. The van der Waals surface area contributed by atoms with Gasteiger partial charge in [0.05, 0.1) is 0 Å². The van der Waals surface area contributed by atoms with E-state index in [0.717, 1.165) is 35.5 Å². The van der Waals surface area contributed by atoms with Gasteiger partial charge in [-0.25, -0.2) is 0 Å². The Morgan fingerprint density at radius 3 is 2.75 bits per heavy atom. The second-order valence-electron chi connectivity index (χ2n) is 5.67. The van der Waals surface area contributed by atoms with Crippen LogP contribution in [-0.2, 0) is 0 Å². The zero-order valence-corrected chi connectivity index (χ0v) is 13.9. The van der Waals surface area contributed by atoms with Gasteiger partial charge in [0.2, 0.25) is 0 Å². The molecule has 1 fully saturated rings. The number of halogens is 1. The van der Waals surface area contributed by atoms with E-state index in [0.29, 0.717) is 6.54 Å². The number of nitrogens with zero attached hydrogens (tertiary/aromatic N) is 1. The van der Waals surface area contributed by atoms with Gasteiger partial charge in [0.1, 0.15) is 0 Å². The second kappa shape index (κ2) is 6.83. The molecule has 1 aliphatic rings. The van der Waals surface area contributed by atoms with Crippen molar-refractivity contribution in [3.05, 3.63) is 29.3 Å². The maximum atomic E-state index is 12.6. The van der Waals surface area contributed by atoms with E-state index < -0.39 is 0 Å². The first kappa shape index (κ1) is 17.3. The summed E-state index contributed by atoms with van der Waals surface area (Å²) < 4.78 is 0. The Hall–Kier alpha value is -0.710. The zero-order valence-electron chi connectivity index (χ0n) is 12.3. The summed E-state index contributed by atoms with van der Waals surface area (Å²) in [5, 5.41) is 0. The molecule has 1 saturated heterocycles. The van der Waals surface area contributed by atoms with E-state index in [2.05, 4.69) is 13.0 Å². The predicted octanol–water partition coefficient (Wildman–Crippen LogP) is 2.95. The number of carbonyl (C=O) groups excluding carboxylic acids is 1. The van der Waals surface area contributed by atoms with Crippen LogP contribution in [0.5, 0.6) is 0 Å². The summed E-state index contributed by atoms with van der Waals surface area (Å²) in [5.41, 5.74) is 7.76. The van der Waals surface area contributed by atoms with Gasteiger partial charge in [-0.15, -0.1) is 24.2 Å². The Kier molecular flexibility index (Phi) is 5.92. The first-order chi connectivity index (χ1) is 8.99. The van der Waals surface area contributed by atoms with E-state index in [-0.39, 0.29) is 23.7 Å². The predicted molar refractivity (Wildman–Crippen MR) is 87.9 cm³/mol. The minimum atomic E-state index is 0. The van der Waals surface area contributed by atoms with Crippen LogP contribution in [0.1, 0.15) is 29.3 Å². The van der Waals surface area contributed by atoms with Crippen LogP contribution in [-0.4, -0.2) is 36.7 Å². The summed E-state index contributed by atoms with van der Waals surface area (Å²) in [4.78, 5) is 15.7. The highest BCUT2D eigenvalue weighted by atomic mass is 35.5. The van der Waals surface area contributed by atoms with Crippen molar-refractivity contribution >= 4 is 30.1 Å². The van der Waals surface area contributed by atoms with Crippen molar-refractivity contribution in [3.8, 4) is 0 Å².